The van der Waals surface area contributed by atoms with E-state index in [-0.39, 0.29) is 49.4 Å². The number of carbonyl (C=O) groups excluding carboxylic acids is 2. The van der Waals surface area contributed by atoms with E-state index >= 15 is 0 Å². The van der Waals surface area contributed by atoms with E-state index in [1.54, 1.807) is 44.5 Å². The van der Waals surface area contributed by atoms with E-state index < -0.39 is 23.3 Å². The molecule has 11 heteroatoms. The molecule has 1 aromatic carbocycles. The van der Waals surface area contributed by atoms with Crippen molar-refractivity contribution in [1.82, 2.24) is 14.9 Å². The van der Waals surface area contributed by atoms with Crippen LogP contribution in [-0.4, -0.2) is 51.7 Å². The van der Waals surface area contributed by atoms with Crippen molar-refractivity contribution < 1.29 is 29.0 Å². The third kappa shape index (κ3) is 4.74. The number of para-hydroxylation sites is 1. The quantitative estimate of drug-likeness (QED) is 0.166. The third-order valence-electron chi connectivity index (χ3n) is 6.76. The Bertz CT molecular complexity index is 1570. The second-order valence-corrected chi connectivity index (χ2v) is 10.5. The molecule has 4 heterocycles. The summed E-state index contributed by atoms with van der Waals surface area (Å²) in [5.41, 5.74) is 0.958. The number of aliphatic hydroxyl groups is 1. The number of amides is 1. The maximum Gasteiger partial charge on any atom is 0.407 e. The lowest BCUT2D eigenvalue weighted by atomic mass is 9.86. The Morgan fingerprint density at radius 1 is 1.28 bits per heavy atom. The fourth-order valence-corrected chi connectivity index (χ4v) is 4.86. The van der Waals surface area contributed by atoms with Gasteiger partial charge >= 0.3 is 12.1 Å². The number of oxime groups is 1. The maximum absolute atomic E-state index is 13.5. The molecule has 0 fully saturated rings. The first-order valence-corrected chi connectivity index (χ1v) is 12.7. The lowest BCUT2D eigenvalue weighted by Gasteiger charge is -2.31. The van der Waals surface area contributed by atoms with Gasteiger partial charge in [-0.3, -0.25) is 4.79 Å². The number of alkyl carbamates (subject to hydrolysis) is 1. The number of fused-ring (bicyclic) bond motifs is 5. The van der Waals surface area contributed by atoms with Crippen LogP contribution in [0.4, 0.5) is 4.79 Å². The highest BCUT2D eigenvalue weighted by Crippen LogP contribution is 2.39. The van der Waals surface area contributed by atoms with Crippen LogP contribution in [0.25, 0.3) is 22.3 Å². The fourth-order valence-electron chi connectivity index (χ4n) is 4.86. The van der Waals surface area contributed by atoms with Crippen LogP contribution in [0.3, 0.4) is 0 Å². The molecule has 2 aliphatic rings. The van der Waals surface area contributed by atoms with Crippen LogP contribution < -0.4 is 10.9 Å². The zero-order valence-corrected chi connectivity index (χ0v) is 22.2. The Morgan fingerprint density at radius 3 is 2.79 bits per heavy atom. The van der Waals surface area contributed by atoms with Crippen molar-refractivity contribution in [2.75, 3.05) is 13.2 Å². The van der Waals surface area contributed by atoms with E-state index in [0.29, 0.717) is 16.9 Å². The Morgan fingerprint density at radius 2 is 2.05 bits per heavy atom. The molecule has 0 unspecified atom stereocenters. The lowest BCUT2D eigenvalue weighted by molar-refractivity contribution is -0.172. The SMILES string of the molecule is CC[C@@]1(O)C(=O)OCc2c1cc1n(c2=O)Cc2c-1nc1ccccc1c2/C=N/OCCNC(=O)OC(C)(C)C. The molecular weight excluding hydrogens is 504 g/mol. The normalized spacial score (nSPS) is 17.9. The largest absolute Gasteiger partial charge is 0.458 e. The zero-order chi connectivity index (χ0) is 27.9. The highest BCUT2D eigenvalue weighted by molar-refractivity contribution is 6.02. The molecular formula is C28H30N4O7. The summed E-state index contributed by atoms with van der Waals surface area (Å²) in [4.78, 5) is 47.9. The minimum absolute atomic E-state index is 0.0672. The van der Waals surface area contributed by atoms with E-state index in [1.807, 2.05) is 24.3 Å². The zero-order valence-electron chi connectivity index (χ0n) is 22.2. The molecule has 0 aliphatic carbocycles. The molecule has 0 saturated carbocycles. The summed E-state index contributed by atoms with van der Waals surface area (Å²) in [6.45, 7) is 7.37. The first-order chi connectivity index (χ1) is 18.5. The van der Waals surface area contributed by atoms with Crippen LogP contribution in [0.1, 0.15) is 56.4 Å². The number of rotatable bonds is 6. The molecule has 204 valence electrons. The first-order valence-electron chi connectivity index (χ1n) is 12.7. The summed E-state index contributed by atoms with van der Waals surface area (Å²) in [5, 5.41) is 18.6. The van der Waals surface area contributed by atoms with Gasteiger partial charge in [0.25, 0.3) is 5.56 Å². The second kappa shape index (κ2) is 9.81. The number of carbonyl (C=O) groups is 2. The smallest absolute Gasteiger partial charge is 0.407 e. The molecule has 0 spiro atoms. The third-order valence-corrected chi connectivity index (χ3v) is 6.76. The summed E-state index contributed by atoms with van der Waals surface area (Å²) in [7, 11) is 0. The fraction of sp³-hybridized carbons (Fsp3) is 0.393. The molecule has 2 N–H and O–H groups in total. The molecule has 11 nitrogen and oxygen atoms in total. The van der Waals surface area contributed by atoms with Gasteiger partial charge in [0, 0.05) is 22.1 Å². The molecule has 2 aromatic heterocycles. The van der Waals surface area contributed by atoms with Gasteiger partial charge in [-0.15, -0.1) is 0 Å². The van der Waals surface area contributed by atoms with Crippen molar-refractivity contribution >= 4 is 29.2 Å². The summed E-state index contributed by atoms with van der Waals surface area (Å²) in [6, 6.07) is 9.19. The van der Waals surface area contributed by atoms with Gasteiger partial charge in [-0.25, -0.2) is 14.6 Å². The highest BCUT2D eigenvalue weighted by Gasteiger charge is 2.45. The average Bonchev–Trinajstić information content (AvgIpc) is 3.25. The minimum Gasteiger partial charge on any atom is -0.458 e. The van der Waals surface area contributed by atoms with Crippen LogP contribution in [0.2, 0.25) is 0 Å². The Balaban J connectivity index is 1.47. The summed E-state index contributed by atoms with van der Waals surface area (Å²) in [5.74, 6) is -0.766. The second-order valence-electron chi connectivity index (χ2n) is 10.5. The van der Waals surface area contributed by atoms with E-state index in [9.17, 15) is 19.5 Å². The minimum atomic E-state index is -1.90. The Labute approximate surface area is 224 Å². The van der Waals surface area contributed by atoms with E-state index in [1.165, 1.54) is 0 Å². The number of cyclic esters (lactones) is 1. The van der Waals surface area contributed by atoms with Gasteiger partial charge < -0.3 is 29.3 Å². The van der Waals surface area contributed by atoms with Crippen molar-refractivity contribution in [1.29, 1.82) is 0 Å². The Kier molecular flexibility index (Phi) is 6.63. The van der Waals surface area contributed by atoms with E-state index in [2.05, 4.69) is 10.5 Å². The van der Waals surface area contributed by atoms with Crippen molar-refractivity contribution in [3.8, 4) is 11.4 Å². The van der Waals surface area contributed by atoms with Crippen molar-refractivity contribution in [2.45, 2.75) is 58.5 Å². The number of pyridine rings is 2. The number of esters is 1. The predicted octanol–water partition coefficient (Wildman–Crippen LogP) is 2.95. The van der Waals surface area contributed by atoms with Gasteiger partial charge in [-0.05, 0) is 39.3 Å². The van der Waals surface area contributed by atoms with Crippen LogP contribution in [0, 0.1) is 0 Å². The number of nitrogens with one attached hydrogen (secondary N) is 1. The highest BCUT2D eigenvalue weighted by atomic mass is 16.6. The maximum atomic E-state index is 13.5. The molecule has 3 aromatic rings. The van der Waals surface area contributed by atoms with E-state index in [0.717, 1.165) is 16.5 Å². The topological polar surface area (TPSA) is 141 Å². The van der Waals surface area contributed by atoms with Crippen molar-refractivity contribution in [2.24, 2.45) is 5.16 Å². The molecule has 39 heavy (non-hydrogen) atoms. The van der Waals surface area contributed by atoms with Crippen molar-refractivity contribution in [3.05, 3.63) is 62.9 Å². The van der Waals surface area contributed by atoms with Crippen LogP contribution in [0.15, 0.2) is 40.3 Å². The van der Waals surface area contributed by atoms with Crippen LogP contribution in [-0.2, 0) is 37.9 Å². The van der Waals surface area contributed by atoms with Crippen LogP contribution in [0.5, 0.6) is 0 Å². The monoisotopic (exact) mass is 534 g/mol. The number of aromatic nitrogens is 2. The molecule has 1 amide bonds. The summed E-state index contributed by atoms with van der Waals surface area (Å²) >= 11 is 0. The number of ether oxygens (including phenoxy) is 2. The van der Waals surface area contributed by atoms with Gasteiger partial charge in [0.2, 0.25) is 0 Å². The Hall–Kier alpha value is -4.25. The van der Waals surface area contributed by atoms with Gasteiger partial charge in [0.15, 0.2) is 5.60 Å². The molecule has 0 radical (unpaired) electrons. The number of hydrogen-bond acceptors (Lipinski definition) is 9. The van der Waals surface area contributed by atoms with Crippen molar-refractivity contribution in [3.63, 3.8) is 0 Å². The molecule has 1 atom stereocenters. The average molecular weight is 535 g/mol. The predicted molar refractivity (Wildman–Crippen MR) is 142 cm³/mol. The molecule has 0 saturated heterocycles. The number of hydrogen-bond donors (Lipinski definition) is 2. The summed E-state index contributed by atoms with van der Waals surface area (Å²) in [6.07, 6.45) is 1.10. The molecule has 0 bridgehead atoms. The van der Waals surface area contributed by atoms with Gasteiger partial charge in [-0.2, -0.15) is 0 Å². The van der Waals surface area contributed by atoms with Gasteiger partial charge in [0.05, 0.1) is 41.8 Å². The number of benzene rings is 1. The molecule has 2 aliphatic heterocycles. The van der Waals surface area contributed by atoms with E-state index in [4.69, 9.17) is 19.3 Å². The van der Waals surface area contributed by atoms with Crippen LogP contribution >= 0.6 is 0 Å². The van der Waals surface area contributed by atoms with Gasteiger partial charge in [-0.1, -0.05) is 30.3 Å². The summed E-state index contributed by atoms with van der Waals surface area (Å²) < 4.78 is 11.9. The molecule has 5 rings (SSSR count). The first kappa shape index (κ1) is 26.4. The number of nitrogens with zero attached hydrogens (tertiary/aromatic N) is 3. The van der Waals surface area contributed by atoms with Gasteiger partial charge in [0.1, 0.15) is 18.8 Å². The standard InChI is InChI=1S/C28H30N4O7/c1-5-28(36)20-12-22-23-18(14-32(22)24(33)19(20)15-37-25(28)34)17(16-8-6-7-9-21(16)31-23)13-30-38-11-10-29-26(35)39-27(2,3)4/h6-9,12-13,36H,5,10-11,14-15H2,1-4H3,(H,29,35)/b30-13+/t28-/m0/s1. The lowest BCUT2D eigenvalue weighted by Crippen LogP contribution is -2.44.